The summed E-state index contributed by atoms with van der Waals surface area (Å²) in [4.78, 5) is 11.8. The van der Waals surface area contributed by atoms with E-state index >= 15 is 0 Å². The number of nitrogens with two attached hydrogens (primary N) is 1. The zero-order chi connectivity index (χ0) is 12.6. The quantitative estimate of drug-likeness (QED) is 0.837. The summed E-state index contributed by atoms with van der Waals surface area (Å²) in [5, 5.41) is 3.40. The maximum absolute atomic E-state index is 11.8. The third-order valence-corrected chi connectivity index (χ3v) is 3.34. The summed E-state index contributed by atoms with van der Waals surface area (Å²) in [6, 6.07) is 3.54. The second kappa shape index (κ2) is 4.41. The molecule has 2 rings (SSSR count). The van der Waals surface area contributed by atoms with Crippen LogP contribution in [0.25, 0.3) is 11.0 Å². The third kappa shape index (κ3) is 1.91. The molecule has 90 valence electrons. The Morgan fingerprint density at radius 1 is 1.53 bits per heavy atom. The molecule has 1 aromatic heterocycles. The molecule has 0 unspecified atom stereocenters. The van der Waals surface area contributed by atoms with Crippen LogP contribution in [0.2, 0.25) is 0 Å². The molecule has 0 spiro atoms. The van der Waals surface area contributed by atoms with Crippen LogP contribution in [0.1, 0.15) is 23.0 Å². The fraction of sp³-hybridized carbons (Fsp3) is 0.250. The van der Waals surface area contributed by atoms with Gasteiger partial charge >= 0.3 is 0 Å². The summed E-state index contributed by atoms with van der Waals surface area (Å²) in [5.74, 6) is 0.536. The van der Waals surface area contributed by atoms with Gasteiger partial charge in [0.25, 0.3) is 5.91 Å². The molecular formula is C12H13BrN2O2. The number of furan rings is 1. The fourth-order valence-corrected chi connectivity index (χ4v) is 2.15. The first-order valence-electron chi connectivity index (χ1n) is 5.31. The highest BCUT2D eigenvalue weighted by atomic mass is 79.9. The molecule has 5 heteroatoms. The Morgan fingerprint density at radius 2 is 2.24 bits per heavy atom. The van der Waals surface area contributed by atoms with Crippen molar-refractivity contribution in [2.45, 2.75) is 13.3 Å². The first kappa shape index (κ1) is 12.0. The highest BCUT2D eigenvalue weighted by Gasteiger charge is 2.19. The maximum atomic E-state index is 11.8. The summed E-state index contributed by atoms with van der Waals surface area (Å²) in [5.41, 5.74) is 7.61. The predicted molar refractivity (Wildman–Crippen MR) is 71.1 cm³/mol. The molecule has 0 saturated heterocycles. The average molecular weight is 297 g/mol. The molecule has 2 aromatic rings. The monoisotopic (exact) mass is 296 g/mol. The van der Waals surface area contributed by atoms with Crippen molar-refractivity contribution in [3.05, 3.63) is 27.9 Å². The normalized spacial score (nSPS) is 10.8. The number of carbonyl (C=O) groups is 1. The van der Waals surface area contributed by atoms with Crippen molar-refractivity contribution in [1.29, 1.82) is 0 Å². The largest absolute Gasteiger partial charge is 0.460 e. The van der Waals surface area contributed by atoms with Crippen molar-refractivity contribution in [3.8, 4) is 0 Å². The SMILES string of the molecule is CCc1oc2cc(N)c(Br)cc2c1C(=O)NC. The van der Waals surface area contributed by atoms with Crippen LogP contribution in [0.3, 0.4) is 0 Å². The second-order valence-corrected chi connectivity index (χ2v) is 4.56. The van der Waals surface area contributed by atoms with Gasteiger partial charge in [0.05, 0.1) is 5.56 Å². The molecule has 0 bridgehead atoms. The smallest absolute Gasteiger partial charge is 0.255 e. The highest BCUT2D eigenvalue weighted by Crippen LogP contribution is 2.32. The zero-order valence-corrected chi connectivity index (χ0v) is 11.2. The Morgan fingerprint density at radius 3 is 2.82 bits per heavy atom. The van der Waals surface area contributed by atoms with E-state index in [2.05, 4.69) is 21.2 Å². The van der Waals surface area contributed by atoms with Gasteiger partial charge in [0.2, 0.25) is 0 Å². The van der Waals surface area contributed by atoms with Gasteiger partial charge in [-0.05, 0) is 22.0 Å². The number of benzene rings is 1. The standard InChI is InChI=1S/C12H13BrN2O2/c1-3-9-11(12(16)15-2)6-4-7(13)8(14)5-10(6)17-9/h4-5H,3,14H2,1-2H3,(H,15,16). The van der Waals surface area contributed by atoms with Crippen molar-refractivity contribution < 1.29 is 9.21 Å². The Labute approximate surface area is 107 Å². The van der Waals surface area contributed by atoms with Crippen LogP contribution in [-0.2, 0) is 6.42 Å². The van der Waals surface area contributed by atoms with Gasteiger partial charge in [-0.2, -0.15) is 0 Å². The van der Waals surface area contributed by atoms with E-state index in [0.717, 1.165) is 9.86 Å². The topological polar surface area (TPSA) is 68.3 Å². The number of hydrogen-bond acceptors (Lipinski definition) is 3. The number of rotatable bonds is 2. The number of aryl methyl sites for hydroxylation is 1. The van der Waals surface area contributed by atoms with E-state index in [4.69, 9.17) is 10.2 Å². The lowest BCUT2D eigenvalue weighted by atomic mass is 10.1. The number of halogens is 1. The highest BCUT2D eigenvalue weighted by molar-refractivity contribution is 9.10. The molecule has 0 aliphatic carbocycles. The lowest BCUT2D eigenvalue weighted by Gasteiger charge is -2.00. The summed E-state index contributed by atoms with van der Waals surface area (Å²) in [6.45, 7) is 1.95. The van der Waals surface area contributed by atoms with Crippen molar-refractivity contribution >= 4 is 38.5 Å². The fourth-order valence-electron chi connectivity index (χ4n) is 1.81. The molecular weight excluding hydrogens is 284 g/mol. The summed E-state index contributed by atoms with van der Waals surface area (Å²) >= 11 is 3.35. The van der Waals surface area contributed by atoms with E-state index in [1.165, 1.54) is 0 Å². The molecule has 17 heavy (non-hydrogen) atoms. The molecule has 1 heterocycles. The van der Waals surface area contributed by atoms with Crippen molar-refractivity contribution in [2.75, 3.05) is 12.8 Å². The number of anilines is 1. The van der Waals surface area contributed by atoms with Gasteiger partial charge in [-0.3, -0.25) is 4.79 Å². The van der Waals surface area contributed by atoms with Gasteiger partial charge in [-0.15, -0.1) is 0 Å². The minimum atomic E-state index is -0.141. The number of fused-ring (bicyclic) bond motifs is 1. The van der Waals surface area contributed by atoms with Crippen LogP contribution in [0.4, 0.5) is 5.69 Å². The Balaban J connectivity index is 2.78. The van der Waals surface area contributed by atoms with Crippen LogP contribution in [0.5, 0.6) is 0 Å². The van der Waals surface area contributed by atoms with Crippen LogP contribution in [0.15, 0.2) is 21.0 Å². The number of nitrogen functional groups attached to an aromatic ring is 1. The van der Waals surface area contributed by atoms with Gasteiger partial charge in [0.15, 0.2) is 0 Å². The molecule has 0 saturated carbocycles. The minimum Gasteiger partial charge on any atom is -0.460 e. The van der Waals surface area contributed by atoms with E-state index in [0.29, 0.717) is 29.0 Å². The predicted octanol–water partition coefficient (Wildman–Crippen LogP) is 2.70. The van der Waals surface area contributed by atoms with Crippen LogP contribution in [-0.4, -0.2) is 13.0 Å². The number of amides is 1. The summed E-state index contributed by atoms with van der Waals surface area (Å²) in [6.07, 6.45) is 0.662. The molecule has 0 atom stereocenters. The number of carbonyl (C=O) groups excluding carboxylic acids is 1. The Bertz CT molecular complexity index is 590. The van der Waals surface area contributed by atoms with Gasteiger partial charge in [-0.1, -0.05) is 6.92 Å². The first-order chi connectivity index (χ1) is 8.08. The molecule has 1 amide bonds. The van der Waals surface area contributed by atoms with Gasteiger partial charge in [0.1, 0.15) is 11.3 Å². The van der Waals surface area contributed by atoms with E-state index in [1.54, 1.807) is 13.1 Å². The summed E-state index contributed by atoms with van der Waals surface area (Å²) < 4.78 is 6.41. The molecule has 0 radical (unpaired) electrons. The molecule has 3 N–H and O–H groups in total. The first-order valence-corrected chi connectivity index (χ1v) is 6.10. The third-order valence-electron chi connectivity index (χ3n) is 2.66. The van der Waals surface area contributed by atoms with Gasteiger partial charge < -0.3 is 15.5 Å². The molecule has 4 nitrogen and oxygen atoms in total. The van der Waals surface area contributed by atoms with E-state index in [-0.39, 0.29) is 5.91 Å². The number of hydrogen-bond donors (Lipinski definition) is 2. The molecule has 0 aliphatic rings. The van der Waals surface area contributed by atoms with Crippen molar-refractivity contribution in [1.82, 2.24) is 5.32 Å². The van der Waals surface area contributed by atoms with Crippen LogP contribution >= 0.6 is 15.9 Å². The van der Waals surface area contributed by atoms with Gasteiger partial charge in [0, 0.05) is 35.1 Å². The van der Waals surface area contributed by atoms with Crippen molar-refractivity contribution in [3.63, 3.8) is 0 Å². The molecule has 0 aliphatic heterocycles. The van der Waals surface area contributed by atoms with Crippen LogP contribution in [0, 0.1) is 0 Å². The lowest BCUT2D eigenvalue weighted by Crippen LogP contribution is -2.18. The molecule has 0 fully saturated rings. The van der Waals surface area contributed by atoms with E-state index in [9.17, 15) is 4.79 Å². The van der Waals surface area contributed by atoms with Crippen LogP contribution < -0.4 is 11.1 Å². The Hall–Kier alpha value is -1.49. The second-order valence-electron chi connectivity index (χ2n) is 3.70. The lowest BCUT2D eigenvalue weighted by molar-refractivity contribution is 0.0962. The summed E-state index contributed by atoms with van der Waals surface area (Å²) in [7, 11) is 1.60. The minimum absolute atomic E-state index is 0.141. The van der Waals surface area contributed by atoms with E-state index in [1.807, 2.05) is 13.0 Å². The molecule has 1 aromatic carbocycles. The zero-order valence-electron chi connectivity index (χ0n) is 9.63. The average Bonchev–Trinajstić information content (AvgIpc) is 2.66. The van der Waals surface area contributed by atoms with Gasteiger partial charge in [-0.25, -0.2) is 0 Å². The van der Waals surface area contributed by atoms with Crippen molar-refractivity contribution in [2.24, 2.45) is 0 Å². The Kier molecular flexibility index (Phi) is 3.11. The maximum Gasteiger partial charge on any atom is 0.255 e. The number of nitrogens with one attached hydrogen (secondary N) is 1. The van der Waals surface area contributed by atoms with E-state index < -0.39 is 0 Å².